The lowest BCUT2D eigenvalue weighted by Crippen LogP contribution is -2.61. The second kappa shape index (κ2) is 6.53. The minimum atomic E-state index is -3.96. The van der Waals surface area contributed by atoms with Crippen LogP contribution in [-0.4, -0.2) is 33.2 Å². The van der Waals surface area contributed by atoms with Gasteiger partial charge in [0.15, 0.2) is 0 Å². The van der Waals surface area contributed by atoms with Gasteiger partial charge in [-0.1, -0.05) is 19.8 Å². The van der Waals surface area contributed by atoms with Crippen LogP contribution in [0.15, 0.2) is 0 Å². The molecule has 1 aliphatic carbocycles. The van der Waals surface area contributed by atoms with Crippen molar-refractivity contribution in [3.63, 3.8) is 0 Å². The molecule has 7 nitrogen and oxygen atoms in total. The smallest absolute Gasteiger partial charge is 0.421 e. The van der Waals surface area contributed by atoms with Crippen molar-refractivity contribution in [1.82, 2.24) is 9.44 Å². The molecule has 0 aromatic rings. The number of nitrogens with two attached hydrogens (primary N) is 1. The summed E-state index contributed by atoms with van der Waals surface area (Å²) in [7, 11) is -3.96. The number of hydrogen-bond donors (Lipinski definition) is 3. The first-order valence-corrected chi connectivity index (χ1v) is 8.02. The summed E-state index contributed by atoms with van der Waals surface area (Å²) < 4.78 is 32.8. The van der Waals surface area contributed by atoms with E-state index in [9.17, 15) is 13.2 Å². The van der Waals surface area contributed by atoms with Crippen LogP contribution >= 0.6 is 0 Å². The van der Waals surface area contributed by atoms with Gasteiger partial charge in [0, 0.05) is 12.1 Å². The summed E-state index contributed by atoms with van der Waals surface area (Å²) in [4.78, 5) is 11.2. The second-order valence-electron chi connectivity index (χ2n) is 4.94. The third-order valence-electron chi connectivity index (χ3n) is 3.65. The van der Waals surface area contributed by atoms with Crippen molar-refractivity contribution in [2.24, 2.45) is 11.7 Å². The lowest BCUT2D eigenvalue weighted by Gasteiger charge is -2.41. The molecule has 1 amide bonds. The number of ether oxygens (including phenoxy) is 1. The Kier molecular flexibility index (Phi) is 5.57. The van der Waals surface area contributed by atoms with Gasteiger partial charge in [-0.15, -0.1) is 0 Å². The molecule has 2 unspecified atom stereocenters. The zero-order valence-electron chi connectivity index (χ0n) is 11.4. The number of hydrogen-bond acceptors (Lipinski definition) is 5. The van der Waals surface area contributed by atoms with Crippen LogP contribution in [0.5, 0.6) is 0 Å². The third kappa shape index (κ3) is 4.32. The van der Waals surface area contributed by atoms with Crippen LogP contribution < -0.4 is 15.2 Å². The molecule has 112 valence electrons. The molecule has 4 N–H and O–H groups in total. The number of amides is 1. The third-order valence-corrected chi connectivity index (χ3v) is 4.76. The van der Waals surface area contributed by atoms with Crippen molar-refractivity contribution in [2.75, 3.05) is 13.2 Å². The Bertz CT molecular complexity index is 412. The number of carbonyl (C=O) groups excluding carboxylic acids is 1. The molecule has 0 aromatic carbocycles. The minimum Gasteiger partial charge on any atom is -0.449 e. The molecule has 0 spiro atoms. The largest absolute Gasteiger partial charge is 0.449 e. The van der Waals surface area contributed by atoms with Crippen molar-refractivity contribution in [3.05, 3.63) is 0 Å². The predicted molar refractivity (Wildman–Crippen MR) is 71.6 cm³/mol. The van der Waals surface area contributed by atoms with E-state index in [1.807, 2.05) is 11.6 Å². The van der Waals surface area contributed by atoms with E-state index in [1.54, 1.807) is 6.92 Å². The summed E-state index contributed by atoms with van der Waals surface area (Å²) in [5.41, 5.74) is 5.07. The van der Waals surface area contributed by atoms with E-state index in [1.165, 1.54) is 0 Å². The fraction of sp³-hybridized carbons (Fsp3) is 0.909. The highest BCUT2D eigenvalue weighted by Crippen LogP contribution is 2.33. The van der Waals surface area contributed by atoms with E-state index < -0.39 is 21.8 Å². The van der Waals surface area contributed by atoms with Gasteiger partial charge in [0.1, 0.15) is 0 Å². The summed E-state index contributed by atoms with van der Waals surface area (Å²) in [6.07, 6.45) is 2.60. The second-order valence-corrected chi connectivity index (χ2v) is 6.35. The molecule has 0 aromatic heterocycles. The minimum absolute atomic E-state index is 0.111. The molecule has 1 rings (SSSR count). The van der Waals surface area contributed by atoms with Crippen molar-refractivity contribution in [3.8, 4) is 0 Å². The highest BCUT2D eigenvalue weighted by atomic mass is 32.2. The first-order valence-electron chi connectivity index (χ1n) is 6.54. The van der Waals surface area contributed by atoms with Crippen LogP contribution in [0, 0.1) is 5.92 Å². The number of carbonyl (C=O) groups is 1. The molecule has 0 radical (unpaired) electrons. The molecule has 19 heavy (non-hydrogen) atoms. The van der Waals surface area contributed by atoms with Gasteiger partial charge in [0.25, 0.3) is 0 Å². The van der Waals surface area contributed by atoms with Crippen LogP contribution in [0.3, 0.4) is 0 Å². The summed E-state index contributed by atoms with van der Waals surface area (Å²) in [6, 6.07) is 0. The van der Waals surface area contributed by atoms with Gasteiger partial charge >= 0.3 is 16.3 Å². The summed E-state index contributed by atoms with van der Waals surface area (Å²) in [6.45, 7) is 3.89. The molecular weight excluding hydrogens is 270 g/mol. The molecule has 0 heterocycles. The molecular formula is C11H23N3O4S. The van der Waals surface area contributed by atoms with E-state index in [0.29, 0.717) is 6.42 Å². The van der Waals surface area contributed by atoms with Crippen molar-refractivity contribution < 1.29 is 17.9 Å². The average molecular weight is 293 g/mol. The lowest BCUT2D eigenvalue weighted by atomic mass is 9.74. The zero-order chi connectivity index (χ0) is 14.5. The number of nitrogens with one attached hydrogen (secondary N) is 2. The molecule has 2 atom stereocenters. The highest BCUT2D eigenvalue weighted by Gasteiger charge is 2.40. The van der Waals surface area contributed by atoms with Crippen LogP contribution in [0.25, 0.3) is 0 Å². The maximum atomic E-state index is 11.9. The van der Waals surface area contributed by atoms with Crippen molar-refractivity contribution in [2.45, 2.75) is 45.1 Å². The van der Waals surface area contributed by atoms with Crippen LogP contribution in [0.4, 0.5) is 4.79 Å². The van der Waals surface area contributed by atoms with Crippen LogP contribution in [-0.2, 0) is 14.9 Å². The van der Waals surface area contributed by atoms with Crippen LogP contribution in [0.2, 0.25) is 0 Å². The van der Waals surface area contributed by atoms with Gasteiger partial charge in [-0.05, 0) is 25.7 Å². The summed E-state index contributed by atoms with van der Waals surface area (Å²) in [5.74, 6) is 0.130. The Balaban J connectivity index is 2.76. The summed E-state index contributed by atoms with van der Waals surface area (Å²) >= 11 is 0. The number of rotatable bonds is 5. The first kappa shape index (κ1) is 16.2. The predicted octanol–water partition coefficient (Wildman–Crippen LogP) is 0.475. The van der Waals surface area contributed by atoms with Crippen LogP contribution in [0.1, 0.15) is 39.5 Å². The average Bonchev–Trinajstić information content (AvgIpc) is 2.31. The Morgan fingerprint density at radius 3 is 2.68 bits per heavy atom. The molecule has 1 saturated carbocycles. The van der Waals surface area contributed by atoms with E-state index in [-0.39, 0.29) is 19.1 Å². The van der Waals surface area contributed by atoms with Crippen molar-refractivity contribution >= 4 is 16.3 Å². The van der Waals surface area contributed by atoms with E-state index in [2.05, 4.69) is 9.46 Å². The molecule has 8 heteroatoms. The van der Waals surface area contributed by atoms with Gasteiger partial charge in [-0.2, -0.15) is 13.1 Å². The first-order chi connectivity index (χ1) is 8.85. The fourth-order valence-corrected chi connectivity index (χ4v) is 3.72. The van der Waals surface area contributed by atoms with Gasteiger partial charge in [-0.25, -0.2) is 9.52 Å². The molecule has 1 aliphatic rings. The highest BCUT2D eigenvalue weighted by molar-refractivity contribution is 7.88. The molecule has 0 bridgehead atoms. The zero-order valence-corrected chi connectivity index (χ0v) is 12.3. The van der Waals surface area contributed by atoms with Gasteiger partial charge in [0.05, 0.1) is 6.61 Å². The summed E-state index contributed by atoms with van der Waals surface area (Å²) in [5, 5.41) is 0. The SMILES string of the molecule is CCOC(=O)NS(=O)(=O)NC1(CN)CCCCC1C. The van der Waals surface area contributed by atoms with Gasteiger partial charge < -0.3 is 10.5 Å². The van der Waals surface area contributed by atoms with Crippen molar-refractivity contribution in [1.29, 1.82) is 0 Å². The maximum absolute atomic E-state index is 11.9. The lowest BCUT2D eigenvalue weighted by molar-refractivity contribution is 0.157. The Labute approximate surface area is 114 Å². The molecule has 1 fully saturated rings. The maximum Gasteiger partial charge on any atom is 0.421 e. The monoisotopic (exact) mass is 293 g/mol. The van der Waals surface area contributed by atoms with Gasteiger partial charge in [0.2, 0.25) is 0 Å². The van der Waals surface area contributed by atoms with E-state index >= 15 is 0 Å². The topological polar surface area (TPSA) is 111 Å². The Hall–Kier alpha value is -0.860. The molecule has 0 aliphatic heterocycles. The standard InChI is InChI=1S/C11H23N3O4S/c1-3-18-10(15)13-19(16,17)14-11(8-12)7-5-4-6-9(11)2/h9,14H,3-8,12H2,1-2H3,(H,13,15). The normalized spacial score (nSPS) is 27.8. The van der Waals surface area contributed by atoms with E-state index in [0.717, 1.165) is 19.3 Å². The molecule has 0 saturated heterocycles. The van der Waals surface area contributed by atoms with Gasteiger partial charge in [-0.3, -0.25) is 0 Å². The Morgan fingerprint density at radius 1 is 1.47 bits per heavy atom. The Morgan fingerprint density at radius 2 is 2.16 bits per heavy atom. The fourth-order valence-electron chi connectivity index (χ4n) is 2.47. The van der Waals surface area contributed by atoms with E-state index in [4.69, 9.17) is 5.73 Å². The quantitative estimate of drug-likeness (QED) is 0.682.